The SMILES string of the molecule is C=CCC1([C@@H](C)OC)COC(C)OC1. The Morgan fingerprint density at radius 3 is 2.57 bits per heavy atom. The average molecular weight is 200 g/mol. The highest BCUT2D eigenvalue weighted by molar-refractivity contribution is 4.92. The molecule has 0 radical (unpaired) electrons. The van der Waals surface area contributed by atoms with Crippen molar-refractivity contribution in [3.8, 4) is 0 Å². The Morgan fingerprint density at radius 2 is 2.14 bits per heavy atom. The summed E-state index contributed by atoms with van der Waals surface area (Å²) >= 11 is 0. The Hall–Kier alpha value is -0.380. The zero-order valence-corrected chi connectivity index (χ0v) is 9.29. The zero-order chi connectivity index (χ0) is 10.6. The minimum absolute atomic E-state index is 0.0665. The normalized spacial score (nSPS) is 35.2. The molecule has 0 saturated carbocycles. The quantitative estimate of drug-likeness (QED) is 0.649. The molecule has 1 fully saturated rings. The van der Waals surface area contributed by atoms with Crippen LogP contribution in [0.4, 0.5) is 0 Å². The Balaban J connectivity index is 2.66. The van der Waals surface area contributed by atoms with E-state index in [0.29, 0.717) is 13.2 Å². The van der Waals surface area contributed by atoms with E-state index < -0.39 is 0 Å². The van der Waals surface area contributed by atoms with Crippen molar-refractivity contribution in [1.82, 2.24) is 0 Å². The molecule has 0 unspecified atom stereocenters. The fourth-order valence-electron chi connectivity index (χ4n) is 1.71. The van der Waals surface area contributed by atoms with Gasteiger partial charge in [-0.1, -0.05) is 6.08 Å². The van der Waals surface area contributed by atoms with Gasteiger partial charge in [0, 0.05) is 12.5 Å². The van der Waals surface area contributed by atoms with Gasteiger partial charge in [-0.05, 0) is 20.3 Å². The molecule has 0 aliphatic carbocycles. The molecule has 3 nitrogen and oxygen atoms in total. The second-order valence-corrected chi connectivity index (χ2v) is 3.92. The van der Waals surface area contributed by atoms with Gasteiger partial charge in [-0.3, -0.25) is 0 Å². The van der Waals surface area contributed by atoms with Crippen LogP contribution >= 0.6 is 0 Å². The lowest BCUT2D eigenvalue weighted by atomic mass is 9.80. The number of ether oxygens (including phenoxy) is 3. The van der Waals surface area contributed by atoms with Crippen LogP contribution < -0.4 is 0 Å². The van der Waals surface area contributed by atoms with Gasteiger partial charge in [0.15, 0.2) is 6.29 Å². The van der Waals surface area contributed by atoms with Crippen molar-refractivity contribution in [2.45, 2.75) is 32.7 Å². The van der Waals surface area contributed by atoms with Crippen molar-refractivity contribution in [3.63, 3.8) is 0 Å². The Bertz CT molecular complexity index is 183. The number of hydrogen-bond donors (Lipinski definition) is 0. The van der Waals surface area contributed by atoms with E-state index >= 15 is 0 Å². The summed E-state index contributed by atoms with van der Waals surface area (Å²) in [4.78, 5) is 0. The van der Waals surface area contributed by atoms with Gasteiger partial charge in [-0.25, -0.2) is 0 Å². The van der Waals surface area contributed by atoms with Crippen LogP contribution in [0, 0.1) is 5.41 Å². The third-order valence-electron chi connectivity index (χ3n) is 2.98. The van der Waals surface area contributed by atoms with Crippen LogP contribution in [0.25, 0.3) is 0 Å². The van der Waals surface area contributed by atoms with E-state index in [1.54, 1.807) is 7.11 Å². The van der Waals surface area contributed by atoms with E-state index in [1.807, 2.05) is 19.9 Å². The Morgan fingerprint density at radius 1 is 1.57 bits per heavy atom. The van der Waals surface area contributed by atoms with Crippen LogP contribution in [-0.4, -0.2) is 32.7 Å². The number of methoxy groups -OCH3 is 1. The second-order valence-electron chi connectivity index (χ2n) is 3.92. The van der Waals surface area contributed by atoms with Crippen LogP contribution in [0.2, 0.25) is 0 Å². The van der Waals surface area contributed by atoms with Gasteiger partial charge in [0.25, 0.3) is 0 Å². The molecule has 3 heteroatoms. The molecule has 1 saturated heterocycles. The molecule has 0 amide bonds. The lowest BCUT2D eigenvalue weighted by molar-refractivity contribution is -0.241. The highest BCUT2D eigenvalue weighted by Crippen LogP contribution is 2.33. The fraction of sp³-hybridized carbons (Fsp3) is 0.818. The van der Waals surface area contributed by atoms with Gasteiger partial charge in [-0.2, -0.15) is 0 Å². The third-order valence-corrected chi connectivity index (χ3v) is 2.98. The van der Waals surface area contributed by atoms with Crippen molar-refractivity contribution in [1.29, 1.82) is 0 Å². The van der Waals surface area contributed by atoms with Gasteiger partial charge in [0.1, 0.15) is 0 Å². The van der Waals surface area contributed by atoms with Gasteiger partial charge in [-0.15, -0.1) is 6.58 Å². The molecule has 0 aromatic carbocycles. The summed E-state index contributed by atoms with van der Waals surface area (Å²) in [6.45, 7) is 9.08. The molecular formula is C11H20O3. The van der Waals surface area contributed by atoms with E-state index in [-0.39, 0.29) is 17.8 Å². The van der Waals surface area contributed by atoms with Crippen molar-refractivity contribution < 1.29 is 14.2 Å². The van der Waals surface area contributed by atoms with E-state index in [0.717, 1.165) is 6.42 Å². The lowest BCUT2D eigenvalue weighted by Gasteiger charge is -2.42. The summed E-state index contributed by atoms with van der Waals surface area (Å²) in [5.41, 5.74) is -0.0665. The van der Waals surface area contributed by atoms with Crippen molar-refractivity contribution in [3.05, 3.63) is 12.7 Å². The molecule has 14 heavy (non-hydrogen) atoms. The largest absolute Gasteiger partial charge is 0.381 e. The number of rotatable bonds is 4. The van der Waals surface area contributed by atoms with Crippen molar-refractivity contribution in [2.75, 3.05) is 20.3 Å². The molecule has 1 aliphatic rings. The molecule has 0 bridgehead atoms. The summed E-state index contributed by atoms with van der Waals surface area (Å²) in [7, 11) is 1.72. The maximum Gasteiger partial charge on any atom is 0.154 e. The summed E-state index contributed by atoms with van der Waals surface area (Å²) in [5, 5.41) is 0. The van der Waals surface area contributed by atoms with E-state index in [4.69, 9.17) is 14.2 Å². The highest BCUT2D eigenvalue weighted by atomic mass is 16.7. The van der Waals surface area contributed by atoms with Gasteiger partial charge < -0.3 is 14.2 Å². The van der Waals surface area contributed by atoms with E-state index in [2.05, 4.69) is 6.58 Å². The maximum atomic E-state index is 5.52. The smallest absolute Gasteiger partial charge is 0.154 e. The van der Waals surface area contributed by atoms with Crippen molar-refractivity contribution >= 4 is 0 Å². The summed E-state index contributed by atoms with van der Waals surface area (Å²) in [6, 6.07) is 0. The first-order valence-corrected chi connectivity index (χ1v) is 5.01. The van der Waals surface area contributed by atoms with Crippen LogP contribution in [0.3, 0.4) is 0 Å². The minimum Gasteiger partial charge on any atom is -0.381 e. The van der Waals surface area contributed by atoms with Gasteiger partial charge in [0.2, 0.25) is 0 Å². The molecule has 1 heterocycles. The molecule has 1 atom stereocenters. The molecule has 0 N–H and O–H groups in total. The molecule has 1 rings (SSSR count). The predicted molar refractivity (Wildman–Crippen MR) is 55.1 cm³/mol. The fourth-order valence-corrected chi connectivity index (χ4v) is 1.71. The summed E-state index contributed by atoms with van der Waals surface area (Å²) in [5.74, 6) is 0. The first-order chi connectivity index (χ1) is 6.64. The maximum absolute atomic E-state index is 5.52. The molecule has 0 aromatic rings. The van der Waals surface area contributed by atoms with Gasteiger partial charge in [0.05, 0.1) is 19.3 Å². The third kappa shape index (κ3) is 2.35. The topological polar surface area (TPSA) is 27.7 Å². The lowest BCUT2D eigenvalue weighted by Crippen LogP contribution is -2.48. The molecule has 0 spiro atoms. The monoisotopic (exact) mass is 200 g/mol. The standard InChI is InChI=1S/C11H20O3/c1-5-6-11(9(2)12-4)7-13-10(3)14-8-11/h5,9-10H,1,6-8H2,2-4H3/t9-,10?,11?/m1/s1. The molecule has 1 aliphatic heterocycles. The Labute approximate surface area is 86.0 Å². The predicted octanol–water partition coefficient (Wildman–Crippen LogP) is 1.98. The molecule has 0 aromatic heterocycles. The van der Waals surface area contributed by atoms with E-state index in [1.165, 1.54) is 0 Å². The number of allylic oxidation sites excluding steroid dienone is 1. The zero-order valence-electron chi connectivity index (χ0n) is 9.29. The second kappa shape index (κ2) is 4.91. The van der Waals surface area contributed by atoms with Gasteiger partial charge >= 0.3 is 0 Å². The van der Waals surface area contributed by atoms with Crippen LogP contribution in [0.5, 0.6) is 0 Å². The van der Waals surface area contributed by atoms with Crippen LogP contribution in [0.1, 0.15) is 20.3 Å². The highest BCUT2D eigenvalue weighted by Gasteiger charge is 2.40. The first kappa shape index (κ1) is 11.7. The van der Waals surface area contributed by atoms with Crippen molar-refractivity contribution in [2.24, 2.45) is 5.41 Å². The number of hydrogen-bond acceptors (Lipinski definition) is 3. The van der Waals surface area contributed by atoms with Crippen LogP contribution in [0.15, 0.2) is 12.7 Å². The molecule has 82 valence electrons. The average Bonchev–Trinajstić information content (AvgIpc) is 2.21. The Kier molecular flexibility index (Phi) is 4.11. The summed E-state index contributed by atoms with van der Waals surface area (Å²) in [6.07, 6.45) is 2.78. The van der Waals surface area contributed by atoms with E-state index in [9.17, 15) is 0 Å². The van der Waals surface area contributed by atoms with Crippen LogP contribution in [-0.2, 0) is 14.2 Å². The molecular weight excluding hydrogens is 180 g/mol. The first-order valence-electron chi connectivity index (χ1n) is 5.01. The summed E-state index contributed by atoms with van der Waals surface area (Å²) < 4.78 is 16.4. The minimum atomic E-state index is -0.100.